The Bertz CT molecular complexity index is 525. The number of hydrogen-bond acceptors (Lipinski definition) is 3. The van der Waals surface area contributed by atoms with E-state index in [4.69, 9.17) is 5.73 Å². The number of halogens is 1. The molecule has 0 heterocycles. The maximum absolute atomic E-state index is 11.4. The van der Waals surface area contributed by atoms with Crippen molar-refractivity contribution in [3.63, 3.8) is 0 Å². The van der Waals surface area contributed by atoms with E-state index in [1.54, 1.807) is 6.07 Å². The lowest BCUT2D eigenvalue weighted by atomic mass is 9.83. The highest BCUT2D eigenvalue weighted by Gasteiger charge is 2.24. The van der Waals surface area contributed by atoms with Gasteiger partial charge in [0.25, 0.3) is 5.69 Å². The summed E-state index contributed by atoms with van der Waals surface area (Å²) in [5, 5.41) is 11.0. The lowest BCUT2D eigenvalue weighted by Gasteiger charge is -2.23. The molecule has 0 radical (unpaired) electrons. The van der Waals surface area contributed by atoms with Gasteiger partial charge in [0.15, 0.2) is 0 Å². The van der Waals surface area contributed by atoms with Crippen molar-refractivity contribution in [3.8, 4) is 0 Å². The molecular formula is C13H15BrN2O3. The van der Waals surface area contributed by atoms with Crippen molar-refractivity contribution >= 4 is 27.5 Å². The molecule has 0 unspecified atom stereocenters. The minimum atomic E-state index is -0.646. The van der Waals surface area contributed by atoms with Crippen LogP contribution in [0.4, 0.5) is 5.69 Å². The van der Waals surface area contributed by atoms with Crippen molar-refractivity contribution in [2.24, 2.45) is 5.73 Å². The Morgan fingerprint density at radius 2 is 1.95 bits per heavy atom. The summed E-state index contributed by atoms with van der Waals surface area (Å²) in [4.78, 5) is 21.9. The van der Waals surface area contributed by atoms with Gasteiger partial charge in [-0.15, -0.1) is 0 Å². The molecule has 0 spiro atoms. The number of amides is 1. The van der Waals surface area contributed by atoms with Crippen molar-refractivity contribution in [2.75, 3.05) is 0 Å². The highest BCUT2D eigenvalue weighted by Crippen LogP contribution is 2.39. The van der Waals surface area contributed by atoms with Crippen molar-refractivity contribution in [1.82, 2.24) is 0 Å². The van der Waals surface area contributed by atoms with Gasteiger partial charge in [0.2, 0.25) is 5.91 Å². The number of non-ortho nitro benzene ring substituents is 1. The van der Waals surface area contributed by atoms with Crippen LogP contribution in [-0.2, 0) is 0 Å². The van der Waals surface area contributed by atoms with E-state index in [-0.39, 0.29) is 17.2 Å². The van der Waals surface area contributed by atoms with Gasteiger partial charge in [0.1, 0.15) is 0 Å². The standard InChI is InChI=1S/C13H15BrN2O3/c14-12-10(8-4-2-1-3-5-8)6-9(16(18)19)7-11(12)13(15)17/h6-8H,1-5H2,(H2,15,17). The first-order valence-corrected chi connectivity index (χ1v) is 7.07. The molecule has 102 valence electrons. The van der Waals surface area contributed by atoms with Crippen LogP contribution in [0.15, 0.2) is 16.6 Å². The SMILES string of the molecule is NC(=O)c1cc([N+](=O)[O-])cc(C2CCCCC2)c1Br. The third-order valence-corrected chi connectivity index (χ3v) is 4.49. The normalized spacial score (nSPS) is 16.3. The van der Waals surface area contributed by atoms with E-state index in [0.717, 1.165) is 31.2 Å². The molecule has 1 aliphatic carbocycles. The molecule has 2 rings (SSSR count). The van der Waals surface area contributed by atoms with Gasteiger partial charge in [-0.2, -0.15) is 0 Å². The van der Waals surface area contributed by atoms with Crippen LogP contribution >= 0.6 is 15.9 Å². The molecule has 0 aliphatic heterocycles. The lowest BCUT2D eigenvalue weighted by Crippen LogP contribution is -2.15. The minimum Gasteiger partial charge on any atom is -0.366 e. The highest BCUT2D eigenvalue weighted by atomic mass is 79.9. The second-order valence-electron chi connectivity index (χ2n) is 4.85. The Labute approximate surface area is 119 Å². The number of carbonyl (C=O) groups excluding carboxylic acids is 1. The van der Waals surface area contributed by atoms with Crippen LogP contribution in [0.5, 0.6) is 0 Å². The van der Waals surface area contributed by atoms with Crippen LogP contribution in [0.3, 0.4) is 0 Å². The molecule has 1 saturated carbocycles. The molecule has 1 aromatic carbocycles. The molecule has 5 nitrogen and oxygen atoms in total. The van der Waals surface area contributed by atoms with E-state index in [9.17, 15) is 14.9 Å². The summed E-state index contributed by atoms with van der Waals surface area (Å²) >= 11 is 3.38. The summed E-state index contributed by atoms with van der Waals surface area (Å²) < 4.78 is 0.609. The zero-order chi connectivity index (χ0) is 14.0. The number of hydrogen-bond donors (Lipinski definition) is 1. The summed E-state index contributed by atoms with van der Waals surface area (Å²) in [7, 11) is 0. The Morgan fingerprint density at radius 1 is 1.32 bits per heavy atom. The molecule has 0 atom stereocenters. The van der Waals surface area contributed by atoms with Gasteiger partial charge in [-0.25, -0.2) is 0 Å². The van der Waals surface area contributed by atoms with Crippen LogP contribution in [-0.4, -0.2) is 10.8 Å². The van der Waals surface area contributed by atoms with Crippen molar-refractivity contribution in [2.45, 2.75) is 38.0 Å². The first kappa shape index (κ1) is 14.0. The predicted molar refractivity (Wildman–Crippen MR) is 75.1 cm³/mol. The van der Waals surface area contributed by atoms with Gasteiger partial charge in [-0.1, -0.05) is 19.3 Å². The molecule has 6 heteroatoms. The smallest absolute Gasteiger partial charge is 0.270 e. The number of nitro benzene ring substituents is 1. The van der Waals surface area contributed by atoms with E-state index >= 15 is 0 Å². The van der Waals surface area contributed by atoms with Gasteiger partial charge < -0.3 is 5.73 Å². The molecule has 19 heavy (non-hydrogen) atoms. The lowest BCUT2D eigenvalue weighted by molar-refractivity contribution is -0.385. The van der Waals surface area contributed by atoms with Crippen LogP contribution in [0.2, 0.25) is 0 Å². The Kier molecular flexibility index (Phi) is 4.19. The van der Waals surface area contributed by atoms with Crippen molar-refractivity contribution < 1.29 is 9.72 Å². The third-order valence-electron chi connectivity index (χ3n) is 3.61. The third kappa shape index (κ3) is 2.94. The van der Waals surface area contributed by atoms with Gasteiger partial charge in [-0.3, -0.25) is 14.9 Å². The highest BCUT2D eigenvalue weighted by molar-refractivity contribution is 9.10. The molecule has 0 aromatic heterocycles. The van der Waals surface area contributed by atoms with E-state index in [0.29, 0.717) is 4.47 Å². The maximum atomic E-state index is 11.4. The Hall–Kier alpha value is -1.43. The zero-order valence-corrected chi connectivity index (χ0v) is 12.0. The van der Waals surface area contributed by atoms with E-state index < -0.39 is 10.8 Å². The van der Waals surface area contributed by atoms with E-state index in [1.165, 1.54) is 12.5 Å². The van der Waals surface area contributed by atoms with Crippen molar-refractivity contribution in [3.05, 3.63) is 37.8 Å². The number of primary amides is 1. The topological polar surface area (TPSA) is 86.2 Å². The van der Waals surface area contributed by atoms with Gasteiger partial charge in [0, 0.05) is 16.6 Å². The van der Waals surface area contributed by atoms with Crippen LogP contribution in [0, 0.1) is 10.1 Å². The molecule has 1 fully saturated rings. The van der Waals surface area contributed by atoms with E-state index in [1.807, 2.05) is 0 Å². The van der Waals surface area contributed by atoms with Gasteiger partial charge in [-0.05, 0) is 40.3 Å². The molecule has 1 amide bonds. The number of nitrogens with zero attached hydrogens (tertiary/aromatic N) is 1. The van der Waals surface area contributed by atoms with Crippen LogP contribution < -0.4 is 5.73 Å². The Morgan fingerprint density at radius 3 is 2.47 bits per heavy atom. The fourth-order valence-electron chi connectivity index (χ4n) is 2.63. The molecule has 0 saturated heterocycles. The Balaban J connectivity index is 2.51. The first-order chi connectivity index (χ1) is 9.00. The average molecular weight is 327 g/mol. The summed E-state index contributed by atoms with van der Waals surface area (Å²) in [6.07, 6.45) is 5.43. The fraction of sp³-hybridized carbons (Fsp3) is 0.462. The van der Waals surface area contributed by atoms with Crippen LogP contribution in [0.1, 0.15) is 53.9 Å². The number of benzene rings is 1. The first-order valence-electron chi connectivity index (χ1n) is 6.28. The largest absolute Gasteiger partial charge is 0.366 e. The monoisotopic (exact) mass is 326 g/mol. The second-order valence-corrected chi connectivity index (χ2v) is 5.65. The van der Waals surface area contributed by atoms with Crippen LogP contribution in [0.25, 0.3) is 0 Å². The molecular weight excluding hydrogens is 312 g/mol. The quantitative estimate of drug-likeness (QED) is 0.681. The number of nitrogens with two attached hydrogens (primary N) is 1. The van der Waals surface area contributed by atoms with Gasteiger partial charge >= 0.3 is 0 Å². The summed E-state index contributed by atoms with van der Waals surface area (Å²) in [6.45, 7) is 0. The maximum Gasteiger partial charge on any atom is 0.270 e. The molecule has 1 aromatic rings. The zero-order valence-electron chi connectivity index (χ0n) is 10.4. The van der Waals surface area contributed by atoms with E-state index in [2.05, 4.69) is 15.9 Å². The predicted octanol–water partition coefficient (Wildman–Crippen LogP) is 3.50. The van der Waals surface area contributed by atoms with Crippen molar-refractivity contribution in [1.29, 1.82) is 0 Å². The summed E-state index contributed by atoms with van der Waals surface area (Å²) in [5.41, 5.74) is 6.24. The van der Waals surface area contributed by atoms with Gasteiger partial charge in [0.05, 0.1) is 10.5 Å². The molecule has 0 bridgehead atoms. The number of carbonyl (C=O) groups is 1. The minimum absolute atomic E-state index is 0.0717. The second kappa shape index (κ2) is 5.69. The summed E-state index contributed by atoms with van der Waals surface area (Å²) in [6, 6.07) is 2.80. The molecule has 2 N–H and O–H groups in total. The number of rotatable bonds is 3. The fourth-order valence-corrected chi connectivity index (χ4v) is 3.37. The molecule has 1 aliphatic rings. The summed E-state index contributed by atoms with van der Waals surface area (Å²) in [5.74, 6) is -0.381. The number of nitro groups is 1. The average Bonchev–Trinajstić information content (AvgIpc) is 2.39.